The van der Waals surface area contributed by atoms with Gasteiger partial charge in [0.2, 0.25) is 0 Å². The van der Waals surface area contributed by atoms with E-state index in [-0.39, 0.29) is 16.3 Å². The van der Waals surface area contributed by atoms with Crippen LogP contribution in [0.1, 0.15) is 41.5 Å². The lowest BCUT2D eigenvalue weighted by atomic mass is 9.95. The Hall–Kier alpha value is -1.35. The van der Waals surface area contributed by atoms with Crippen LogP contribution >= 0.6 is 11.8 Å². The molecule has 0 amide bonds. The highest BCUT2D eigenvalue weighted by molar-refractivity contribution is 8.05. The lowest BCUT2D eigenvalue weighted by Crippen LogP contribution is -2.19. The zero-order valence-corrected chi connectivity index (χ0v) is 10.9. The van der Waals surface area contributed by atoms with Crippen molar-refractivity contribution in [2.45, 2.75) is 25.5 Å². The minimum absolute atomic E-state index is 0.0416. The van der Waals surface area contributed by atoms with E-state index in [1.165, 1.54) is 17.8 Å². The van der Waals surface area contributed by atoms with Crippen molar-refractivity contribution in [3.63, 3.8) is 0 Å². The largest absolute Gasteiger partial charge is 0.289 e. The Bertz CT molecular complexity index is 521. The summed E-state index contributed by atoms with van der Waals surface area (Å²) >= 11 is 1.44. The fraction of sp³-hybridized carbons (Fsp3) is 0.286. The SMILES string of the molecule is CC(C)(C)SC1=CC(=O)c2ccccc2C1=O. The first-order chi connectivity index (χ1) is 7.88. The van der Waals surface area contributed by atoms with Gasteiger partial charge < -0.3 is 0 Å². The minimum atomic E-state index is -0.0769. The van der Waals surface area contributed by atoms with Crippen LogP contribution in [0.15, 0.2) is 35.2 Å². The average Bonchev–Trinajstić information content (AvgIpc) is 2.24. The fourth-order valence-corrected chi connectivity index (χ4v) is 2.73. The zero-order chi connectivity index (χ0) is 12.6. The molecule has 0 aromatic heterocycles. The highest BCUT2D eigenvalue weighted by Crippen LogP contribution is 2.36. The lowest BCUT2D eigenvalue weighted by Gasteiger charge is -2.21. The van der Waals surface area contributed by atoms with E-state index in [1.54, 1.807) is 24.3 Å². The van der Waals surface area contributed by atoms with Gasteiger partial charge in [0.05, 0.1) is 4.91 Å². The smallest absolute Gasteiger partial charge is 0.200 e. The van der Waals surface area contributed by atoms with Crippen molar-refractivity contribution >= 4 is 23.3 Å². The van der Waals surface area contributed by atoms with Gasteiger partial charge in [-0.1, -0.05) is 45.0 Å². The molecule has 0 radical (unpaired) electrons. The fourth-order valence-electron chi connectivity index (χ4n) is 1.70. The third kappa shape index (κ3) is 2.50. The minimum Gasteiger partial charge on any atom is -0.289 e. The number of Topliss-reactive ketones (excluding diaryl/α,β-unsaturated/α-hetero) is 1. The Kier molecular flexibility index (Phi) is 2.96. The molecule has 88 valence electrons. The van der Waals surface area contributed by atoms with Crippen LogP contribution in [0.25, 0.3) is 0 Å². The summed E-state index contributed by atoms with van der Waals surface area (Å²) in [7, 11) is 0. The molecule has 2 nitrogen and oxygen atoms in total. The van der Waals surface area contributed by atoms with E-state index < -0.39 is 0 Å². The topological polar surface area (TPSA) is 34.1 Å². The molecular weight excluding hydrogens is 232 g/mol. The molecule has 0 bridgehead atoms. The Labute approximate surface area is 105 Å². The molecular formula is C14H14O2S. The number of carbonyl (C=O) groups is 2. The van der Waals surface area contributed by atoms with Crippen LogP contribution in [-0.2, 0) is 0 Å². The van der Waals surface area contributed by atoms with Crippen molar-refractivity contribution in [1.29, 1.82) is 0 Å². The van der Waals surface area contributed by atoms with Gasteiger partial charge in [-0.05, 0) is 0 Å². The van der Waals surface area contributed by atoms with Crippen LogP contribution in [0.4, 0.5) is 0 Å². The molecule has 1 aliphatic carbocycles. The van der Waals surface area contributed by atoms with E-state index in [9.17, 15) is 9.59 Å². The molecule has 1 aliphatic rings. The Morgan fingerprint density at radius 1 is 1.00 bits per heavy atom. The number of hydrogen-bond acceptors (Lipinski definition) is 3. The molecule has 0 N–H and O–H groups in total. The van der Waals surface area contributed by atoms with Gasteiger partial charge in [0.15, 0.2) is 11.6 Å². The predicted octanol–water partition coefficient (Wildman–Crippen LogP) is 3.48. The molecule has 0 saturated heterocycles. The molecule has 1 aromatic carbocycles. The van der Waals surface area contributed by atoms with Crippen LogP contribution in [0.3, 0.4) is 0 Å². The maximum atomic E-state index is 12.2. The van der Waals surface area contributed by atoms with Crippen molar-refractivity contribution in [3.05, 3.63) is 46.4 Å². The Morgan fingerprint density at radius 2 is 1.59 bits per heavy atom. The number of thioether (sulfide) groups is 1. The summed E-state index contributed by atoms with van der Waals surface area (Å²) in [5.41, 5.74) is 1.03. The maximum absolute atomic E-state index is 12.2. The van der Waals surface area contributed by atoms with Crippen molar-refractivity contribution in [1.82, 2.24) is 0 Å². The van der Waals surface area contributed by atoms with Crippen LogP contribution < -0.4 is 0 Å². The number of hydrogen-bond donors (Lipinski definition) is 0. The molecule has 0 aliphatic heterocycles. The molecule has 0 heterocycles. The number of rotatable bonds is 1. The second-order valence-electron chi connectivity index (χ2n) is 4.96. The van der Waals surface area contributed by atoms with Gasteiger partial charge in [0, 0.05) is 21.9 Å². The summed E-state index contributed by atoms with van der Waals surface area (Å²) in [5, 5.41) is 0. The van der Waals surface area contributed by atoms with Crippen molar-refractivity contribution in [3.8, 4) is 0 Å². The molecule has 0 atom stereocenters. The maximum Gasteiger partial charge on any atom is 0.200 e. The van der Waals surface area contributed by atoms with Gasteiger partial charge in [-0.15, -0.1) is 11.8 Å². The second kappa shape index (κ2) is 4.15. The standard InChI is InChI=1S/C14H14O2S/c1-14(2,3)17-12-8-11(15)9-6-4-5-7-10(9)13(12)16/h4-8H,1-3H3. The van der Waals surface area contributed by atoms with E-state index in [4.69, 9.17) is 0 Å². The van der Waals surface area contributed by atoms with Crippen LogP contribution in [0, 0.1) is 0 Å². The molecule has 3 heteroatoms. The average molecular weight is 246 g/mol. The Balaban J connectivity index is 2.42. The van der Waals surface area contributed by atoms with E-state index in [0.717, 1.165) is 0 Å². The second-order valence-corrected chi connectivity index (χ2v) is 6.83. The van der Waals surface area contributed by atoms with Crippen LogP contribution in [-0.4, -0.2) is 16.3 Å². The summed E-state index contributed by atoms with van der Waals surface area (Å²) < 4.78 is -0.0753. The summed E-state index contributed by atoms with van der Waals surface area (Å²) in [6, 6.07) is 6.98. The molecule has 0 saturated carbocycles. The molecule has 0 fully saturated rings. The van der Waals surface area contributed by atoms with Crippen molar-refractivity contribution < 1.29 is 9.59 Å². The number of ketones is 2. The van der Waals surface area contributed by atoms with Gasteiger partial charge in [0.25, 0.3) is 0 Å². The van der Waals surface area contributed by atoms with Gasteiger partial charge in [-0.3, -0.25) is 9.59 Å². The summed E-state index contributed by atoms with van der Waals surface area (Å²) in [4.78, 5) is 24.6. The predicted molar refractivity (Wildman–Crippen MR) is 70.5 cm³/mol. The van der Waals surface area contributed by atoms with E-state index in [2.05, 4.69) is 0 Å². The molecule has 17 heavy (non-hydrogen) atoms. The highest BCUT2D eigenvalue weighted by Gasteiger charge is 2.28. The van der Waals surface area contributed by atoms with E-state index in [1.807, 2.05) is 20.8 Å². The summed E-state index contributed by atoms with van der Waals surface area (Å²) in [6.45, 7) is 6.07. The molecule has 1 aromatic rings. The van der Waals surface area contributed by atoms with Gasteiger partial charge in [-0.25, -0.2) is 0 Å². The van der Waals surface area contributed by atoms with Gasteiger partial charge in [0.1, 0.15) is 0 Å². The van der Waals surface area contributed by atoms with Crippen molar-refractivity contribution in [2.75, 3.05) is 0 Å². The lowest BCUT2D eigenvalue weighted by molar-refractivity contribution is 0.0991. The van der Waals surface area contributed by atoms with Gasteiger partial charge >= 0.3 is 0 Å². The van der Waals surface area contributed by atoms with Crippen molar-refractivity contribution in [2.24, 2.45) is 0 Å². The number of carbonyl (C=O) groups excluding carboxylic acids is 2. The first-order valence-corrected chi connectivity index (χ1v) is 6.29. The molecule has 0 spiro atoms. The number of fused-ring (bicyclic) bond motifs is 1. The molecule has 2 rings (SSSR count). The van der Waals surface area contributed by atoms with Crippen LogP contribution in [0.2, 0.25) is 0 Å². The third-order valence-corrected chi connectivity index (χ3v) is 3.47. The normalized spacial score (nSPS) is 15.6. The number of benzene rings is 1. The quantitative estimate of drug-likeness (QED) is 0.760. The number of allylic oxidation sites excluding steroid dienone is 2. The van der Waals surface area contributed by atoms with Gasteiger partial charge in [-0.2, -0.15) is 0 Å². The summed E-state index contributed by atoms with van der Waals surface area (Å²) in [5.74, 6) is -0.118. The monoisotopic (exact) mass is 246 g/mol. The highest BCUT2D eigenvalue weighted by atomic mass is 32.2. The van der Waals surface area contributed by atoms with E-state index in [0.29, 0.717) is 16.0 Å². The first-order valence-electron chi connectivity index (χ1n) is 5.47. The summed E-state index contributed by atoms with van der Waals surface area (Å²) in [6.07, 6.45) is 1.46. The van der Waals surface area contributed by atoms with Crippen LogP contribution in [0.5, 0.6) is 0 Å². The third-order valence-electron chi connectivity index (χ3n) is 2.34. The molecule has 0 unspecified atom stereocenters. The zero-order valence-electron chi connectivity index (χ0n) is 10.1. The van der Waals surface area contributed by atoms with E-state index >= 15 is 0 Å². The first kappa shape index (κ1) is 12.1. The Morgan fingerprint density at radius 3 is 2.18 bits per heavy atom.